The highest BCUT2D eigenvalue weighted by Gasteiger charge is 2.35. The number of halogens is 1. The van der Waals surface area contributed by atoms with Crippen LogP contribution in [-0.4, -0.2) is 18.4 Å². The van der Waals surface area contributed by atoms with Gasteiger partial charge in [0, 0.05) is 28.6 Å². The largest absolute Gasteiger partial charge is 0.316 e. The first-order chi connectivity index (χ1) is 12.0. The molecule has 1 fully saturated rings. The van der Waals surface area contributed by atoms with Gasteiger partial charge in [-0.05, 0) is 36.8 Å². The Hall–Kier alpha value is -2.36. The normalized spacial score (nSPS) is 16.8. The number of nitrogens with zero attached hydrogens (tertiary/aromatic N) is 2. The first-order valence-electron chi connectivity index (χ1n) is 7.91. The van der Waals surface area contributed by atoms with Gasteiger partial charge in [-0.25, -0.2) is 0 Å². The van der Waals surface area contributed by atoms with Gasteiger partial charge in [0.25, 0.3) is 0 Å². The van der Waals surface area contributed by atoms with Crippen molar-refractivity contribution < 1.29 is 9.59 Å². The molecule has 7 heteroatoms. The fraction of sp³-hybridized carbons (Fsp3) is 0.278. The van der Waals surface area contributed by atoms with Crippen LogP contribution >= 0.6 is 22.9 Å². The average molecular weight is 374 g/mol. The fourth-order valence-electron chi connectivity index (χ4n) is 2.76. The van der Waals surface area contributed by atoms with Gasteiger partial charge in [0.05, 0.1) is 11.5 Å². The highest BCUT2D eigenvalue weighted by atomic mass is 35.5. The third-order valence-corrected chi connectivity index (χ3v) is 5.57. The molecule has 5 nitrogen and oxygen atoms in total. The van der Waals surface area contributed by atoms with Gasteiger partial charge in [-0.3, -0.25) is 9.59 Å². The molecule has 1 aromatic heterocycles. The number of nitriles is 1. The van der Waals surface area contributed by atoms with Crippen molar-refractivity contribution in [3.63, 3.8) is 0 Å². The van der Waals surface area contributed by atoms with E-state index in [2.05, 4.69) is 11.4 Å². The molecule has 0 unspecified atom stereocenters. The zero-order valence-electron chi connectivity index (χ0n) is 13.6. The molecule has 25 heavy (non-hydrogen) atoms. The van der Waals surface area contributed by atoms with E-state index in [1.807, 2.05) is 6.92 Å². The lowest BCUT2D eigenvalue weighted by Crippen LogP contribution is -2.28. The number of rotatable bonds is 4. The zero-order valence-corrected chi connectivity index (χ0v) is 15.2. The molecule has 0 radical (unpaired) electrons. The number of carbonyl (C=O) groups excluding carboxylic acids is 2. The molecule has 2 aromatic rings. The van der Waals surface area contributed by atoms with Crippen LogP contribution in [0, 0.1) is 17.2 Å². The Morgan fingerprint density at radius 2 is 2.16 bits per heavy atom. The minimum absolute atomic E-state index is 0.0941. The standard InChI is InChI=1S/C18H16ClN3O2S/c1-2-15-7-11(9-20)18(25-15)21-17(24)12-8-16(23)22(10-12)14-5-3-13(19)4-6-14/h3-7,12H,2,8,10H2,1H3,(H,21,24)/t12-/m0/s1. The highest BCUT2D eigenvalue weighted by Crippen LogP contribution is 2.31. The molecule has 1 aliphatic heterocycles. The first-order valence-corrected chi connectivity index (χ1v) is 9.11. The van der Waals surface area contributed by atoms with Gasteiger partial charge in [0.1, 0.15) is 11.1 Å². The summed E-state index contributed by atoms with van der Waals surface area (Å²) in [7, 11) is 0. The quantitative estimate of drug-likeness (QED) is 0.885. The lowest BCUT2D eigenvalue weighted by atomic mass is 10.1. The number of nitrogens with one attached hydrogen (secondary N) is 1. The van der Waals surface area contributed by atoms with Crippen molar-refractivity contribution in [3.8, 4) is 6.07 Å². The Kier molecular flexibility index (Phi) is 5.07. The number of aryl methyl sites for hydroxylation is 1. The molecule has 1 atom stereocenters. The summed E-state index contributed by atoms with van der Waals surface area (Å²) in [5.41, 5.74) is 1.20. The number of hydrogen-bond acceptors (Lipinski definition) is 4. The predicted octanol–water partition coefficient (Wildman–Crippen LogP) is 3.83. The van der Waals surface area contributed by atoms with Crippen LogP contribution in [0.4, 0.5) is 10.7 Å². The molecular weight excluding hydrogens is 358 g/mol. The Labute approximate surface area is 154 Å². The smallest absolute Gasteiger partial charge is 0.230 e. The van der Waals surface area contributed by atoms with Gasteiger partial charge in [0.2, 0.25) is 11.8 Å². The summed E-state index contributed by atoms with van der Waals surface area (Å²) in [4.78, 5) is 27.4. The highest BCUT2D eigenvalue weighted by molar-refractivity contribution is 7.16. The summed E-state index contributed by atoms with van der Waals surface area (Å²) in [6.07, 6.45) is 0.962. The van der Waals surface area contributed by atoms with Crippen LogP contribution < -0.4 is 10.2 Å². The van der Waals surface area contributed by atoms with E-state index < -0.39 is 5.92 Å². The minimum Gasteiger partial charge on any atom is -0.316 e. The van der Waals surface area contributed by atoms with Crippen molar-refractivity contribution in [2.45, 2.75) is 19.8 Å². The summed E-state index contributed by atoms with van der Waals surface area (Å²) < 4.78 is 0. The molecule has 128 valence electrons. The molecule has 3 rings (SSSR count). The minimum atomic E-state index is -0.443. The Balaban J connectivity index is 1.72. The molecule has 0 bridgehead atoms. The van der Waals surface area contributed by atoms with E-state index in [9.17, 15) is 14.9 Å². The fourth-order valence-corrected chi connectivity index (χ4v) is 3.84. The molecule has 0 aliphatic carbocycles. The van der Waals surface area contributed by atoms with E-state index in [0.29, 0.717) is 22.1 Å². The SMILES string of the molecule is CCc1cc(C#N)c(NC(=O)[C@H]2CC(=O)N(c3ccc(Cl)cc3)C2)s1. The van der Waals surface area contributed by atoms with Crippen LogP contribution in [0.3, 0.4) is 0 Å². The molecule has 1 aliphatic rings. The van der Waals surface area contributed by atoms with Gasteiger partial charge in [-0.15, -0.1) is 11.3 Å². The van der Waals surface area contributed by atoms with Gasteiger partial charge >= 0.3 is 0 Å². The molecular formula is C18H16ClN3O2S. The topological polar surface area (TPSA) is 73.2 Å². The second-order valence-corrected chi connectivity index (χ2v) is 7.37. The van der Waals surface area contributed by atoms with Gasteiger partial charge in [-0.2, -0.15) is 5.26 Å². The molecule has 1 saturated heterocycles. The predicted molar refractivity (Wildman–Crippen MR) is 99.0 cm³/mol. The van der Waals surface area contributed by atoms with Crippen molar-refractivity contribution in [2.24, 2.45) is 5.92 Å². The summed E-state index contributed by atoms with van der Waals surface area (Å²) >= 11 is 7.28. The van der Waals surface area contributed by atoms with E-state index in [-0.39, 0.29) is 18.2 Å². The molecule has 1 N–H and O–H groups in total. The molecule has 1 aromatic carbocycles. The van der Waals surface area contributed by atoms with E-state index in [1.54, 1.807) is 35.2 Å². The van der Waals surface area contributed by atoms with Crippen LogP contribution in [0.1, 0.15) is 23.8 Å². The van der Waals surface area contributed by atoms with Crippen LogP contribution in [-0.2, 0) is 16.0 Å². The maximum atomic E-state index is 12.5. The first kappa shape index (κ1) is 17.5. The number of thiophene rings is 1. The zero-order chi connectivity index (χ0) is 18.0. The molecule has 2 heterocycles. The van der Waals surface area contributed by atoms with E-state index in [1.165, 1.54) is 11.3 Å². The van der Waals surface area contributed by atoms with Crippen LogP contribution in [0.25, 0.3) is 0 Å². The van der Waals surface area contributed by atoms with Crippen molar-refractivity contribution in [1.29, 1.82) is 5.26 Å². The monoisotopic (exact) mass is 373 g/mol. The number of anilines is 2. The summed E-state index contributed by atoms with van der Waals surface area (Å²) in [5, 5.41) is 13.2. The average Bonchev–Trinajstić information content (AvgIpc) is 3.19. The van der Waals surface area contributed by atoms with Crippen molar-refractivity contribution >= 4 is 45.4 Å². The number of hydrogen-bond donors (Lipinski definition) is 1. The Bertz CT molecular complexity index is 854. The molecule has 2 amide bonds. The van der Waals surface area contributed by atoms with Crippen LogP contribution in [0.2, 0.25) is 5.02 Å². The van der Waals surface area contributed by atoms with Crippen molar-refractivity contribution in [2.75, 3.05) is 16.8 Å². The maximum Gasteiger partial charge on any atom is 0.230 e. The third kappa shape index (κ3) is 3.68. The van der Waals surface area contributed by atoms with E-state index in [4.69, 9.17) is 11.6 Å². The van der Waals surface area contributed by atoms with Crippen molar-refractivity contribution in [3.05, 3.63) is 45.8 Å². The van der Waals surface area contributed by atoms with E-state index in [0.717, 1.165) is 17.0 Å². The summed E-state index contributed by atoms with van der Waals surface area (Å²) in [6, 6.07) is 10.9. The van der Waals surface area contributed by atoms with Gasteiger partial charge in [0.15, 0.2) is 0 Å². The summed E-state index contributed by atoms with van der Waals surface area (Å²) in [5.74, 6) is -0.767. The third-order valence-electron chi connectivity index (χ3n) is 4.12. The van der Waals surface area contributed by atoms with Gasteiger partial charge in [-0.1, -0.05) is 18.5 Å². The molecule has 0 spiro atoms. The lowest BCUT2D eigenvalue weighted by Gasteiger charge is -2.16. The summed E-state index contributed by atoms with van der Waals surface area (Å²) in [6.45, 7) is 2.32. The number of carbonyl (C=O) groups is 2. The number of benzene rings is 1. The van der Waals surface area contributed by atoms with Gasteiger partial charge < -0.3 is 10.2 Å². The number of amides is 2. The maximum absolute atomic E-state index is 12.5. The Morgan fingerprint density at radius 3 is 2.80 bits per heavy atom. The van der Waals surface area contributed by atoms with Crippen LogP contribution in [0.5, 0.6) is 0 Å². The van der Waals surface area contributed by atoms with E-state index >= 15 is 0 Å². The van der Waals surface area contributed by atoms with Crippen molar-refractivity contribution in [1.82, 2.24) is 0 Å². The molecule has 0 saturated carbocycles. The second kappa shape index (κ2) is 7.26. The van der Waals surface area contributed by atoms with Crippen LogP contribution in [0.15, 0.2) is 30.3 Å². The Morgan fingerprint density at radius 1 is 1.44 bits per heavy atom. The second-order valence-electron chi connectivity index (χ2n) is 5.79. The lowest BCUT2D eigenvalue weighted by molar-refractivity contribution is -0.122.